The Bertz CT molecular complexity index is 61.4. The van der Waals surface area contributed by atoms with Gasteiger partial charge >= 0.3 is 0 Å². The van der Waals surface area contributed by atoms with Crippen LogP contribution < -0.4 is 12.3 Å². The molecule has 0 fully saturated rings. The standard InChI is InChI=1S/C4H10O2.C4H10O.2H3N/c1-2-3-4(5)6;1-3-5-4-2;;/h4-6H,2-3H2,1H3;3-4H2,1-2H3;2*1H3. The van der Waals surface area contributed by atoms with Gasteiger partial charge in [0.2, 0.25) is 0 Å². The summed E-state index contributed by atoms with van der Waals surface area (Å²) in [5, 5.41) is 16.2. The van der Waals surface area contributed by atoms with E-state index in [9.17, 15) is 0 Å². The van der Waals surface area contributed by atoms with Crippen LogP contribution in [0.2, 0.25) is 0 Å². The molecule has 13 heavy (non-hydrogen) atoms. The Morgan fingerprint density at radius 3 is 1.38 bits per heavy atom. The van der Waals surface area contributed by atoms with Gasteiger partial charge in [-0.15, -0.1) is 0 Å². The third kappa shape index (κ3) is 49.2. The molecule has 5 heteroatoms. The lowest BCUT2D eigenvalue weighted by molar-refractivity contribution is -0.0453. The lowest BCUT2D eigenvalue weighted by Gasteiger charge is -1.94. The highest BCUT2D eigenvalue weighted by Gasteiger charge is 1.89. The van der Waals surface area contributed by atoms with Gasteiger partial charge in [0.05, 0.1) is 0 Å². The van der Waals surface area contributed by atoms with Crippen LogP contribution in [0.3, 0.4) is 0 Å². The summed E-state index contributed by atoms with van der Waals surface area (Å²) in [4.78, 5) is 0. The van der Waals surface area contributed by atoms with E-state index < -0.39 is 6.29 Å². The van der Waals surface area contributed by atoms with Crippen molar-refractivity contribution < 1.29 is 14.9 Å². The Morgan fingerprint density at radius 1 is 1.00 bits per heavy atom. The summed E-state index contributed by atoms with van der Waals surface area (Å²) in [6, 6.07) is 0. The molecule has 0 aromatic carbocycles. The minimum atomic E-state index is -1.10. The first-order valence-corrected chi connectivity index (χ1v) is 4.12. The predicted octanol–water partition coefficient (Wildman–Crippen LogP) is 1.46. The van der Waals surface area contributed by atoms with Crippen LogP contribution in [-0.4, -0.2) is 29.7 Å². The number of rotatable bonds is 4. The molecule has 0 aliphatic carbocycles. The summed E-state index contributed by atoms with van der Waals surface area (Å²) < 4.78 is 4.83. The third-order valence-corrected chi connectivity index (χ3v) is 0.955. The molecular weight excluding hydrogens is 172 g/mol. The van der Waals surface area contributed by atoms with E-state index in [0.29, 0.717) is 6.42 Å². The molecule has 0 aliphatic heterocycles. The van der Waals surface area contributed by atoms with Gasteiger partial charge in [-0.05, 0) is 20.3 Å². The van der Waals surface area contributed by atoms with E-state index in [4.69, 9.17) is 14.9 Å². The topological polar surface area (TPSA) is 120 Å². The molecule has 0 amide bonds. The molecule has 0 radical (unpaired) electrons. The number of hydrogen-bond acceptors (Lipinski definition) is 5. The molecule has 0 aliphatic rings. The van der Waals surface area contributed by atoms with E-state index in [0.717, 1.165) is 19.6 Å². The summed E-state index contributed by atoms with van der Waals surface area (Å²) in [7, 11) is 0. The molecular formula is C8H26N2O3. The Balaban J connectivity index is -0.0000000546. The maximum atomic E-state index is 8.11. The van der Waals surface area contributed by atoms with Crippen LogP contribution in [0, 0.1) is 0 Å². The van der Waals surface area contributed by atoms with Crippen molar-refractivity contribution in [3.8, 4) is 0 Å². The van der Waals surface area contributed by atoms with Crippen LogP contribution in [0.5, 0.6) is 0 Å². The maximum Gasteiger partial charge on any atom is 0.151 e. The van der Waals surface area contributed by atoms with E-state index >= 15 is 0 Å². The van der Waals surface area contributed by atoms with Crippen molar-refractivity contribution in [2.75, 3.05) is 13.2 Å². The Kier molecular flexibility index (Phi) is 40.1. The third-order valence-electron chi connectivity index (χ3n) is 0.955. The fraction of sp³-hybridized carbons (Fsp3) is 1.00. The zero-order valence-corrected chi connectivity index (χ0v) is 9.12. The van der Waals surface area contributed by atoms with Crippen LogP contribution in [0.1, 0.15) is 33.6 Å². The van der Waals surface area contributed by atoms with Crippen molar-refractivity contribution in [3.05, 3.63) is 0 Å². The van der Waals surface area contributed by atoms with Gasteiger partial charge in [-0.3, -0.25) is 0 Å². The Labute approximate surface area is 81.3 Å². The highest BCUT2D eigenvalue weighted by atomic mass is 16.5. The minimum absolute atomic E-state index is 0. The molecule has 0 bridgehead atoms. The first-order valence-electron chi connectivity index (χ1n) is 4.12. The molecule has 86 valence electrons. The molecule has 0 rings (SSSR count). The average molecular weight is 198 g/mol. The number of aliphatic hydroxyl groups is 2. The average Bonchev–Trinajstić information content (AvgIpc) is 1.90. The predicted molar refractivity (Wildman–Crippen MR) is 55.3 cm³/mol. The molecule has 0 aromatic rings. The molecule has 0 unspecified atom stereocenters. The van der Waals surface area contributed by atoms with Gasteiger partial charge in [0, 0.05) is 13.2 Å². The number of hydrogen-bond donors (Lipinski definition) is 4. The summed E-state index contributed by atoms with van der Waals surface area (Å²) in [6.45, 7) is 7.57. The highest BCUT2D eigenvalue weighted by molar-refractivity contribution is 4.31. The van der Waals surface area contributed by atoms with Crippen LogP contribution in [0.25, 0.3) is 0 Å². The first kappa shape index (κ1) is 23.0. The molecule has 0 heterocycles. The van der Waals surface area contributed by atoms with Gasteiger partial charge in [-0.25, -0.2) is 0 Å². The SMILES string of the molecule is CCCC(O)O.CCOCC.N.N. The largest absolute Gasteiger partial charge is 0.382 e. The van der Waals surface area contributed by atoms with Crippen molar-refractivity contribution in [1.82, 2.24) is 12.3 Å². The molecule has 0 saturated heterocycles. The van der Waals surface area contributed by atoms with Gasteiger partial charge in [0.1, 0.15) is 0 Å². The lowest BCUT2D eigenvalue weighted by atomic mass is 10.3. The van der Waals surface area contributed by atoms with Crippen LogP contribution in [0.4, 0.5) is 0 Å². The van der Waals surface area contributed by atoms with Crippen LogP contribution in [-0.2, 0) is 4.74 Å². The van der Waals surface area contributed by atoms with Crippen molar-refractivity contribution in [3.63, 3.8) is 0 Å². The van der Waals surface area contributed by atoms with E-state index in [1.807, 2.05) is 20.8 Å². The first-order chi connectivity index (χ1) is 5.18. The van der Waals surface area contributed by atoms with Crippen LogP contribution in [0.15, 0.2) is 0 Å². The fourth-order valence-electron chi connectivity index (χ4n) is 0.462. The summed E-state index contributed by atoms with van der Waals surface area (Å²) in [5.41, 5.74) is 0. The van der Waals surface area contributed by atoms with Gasteiger partial charge in [0.25, 0.3) is 0 Å². The van der Waals surface area contributed by atoms with E-state index in [1.54, 1.807) is 0 Å². The van der Waals surface area contributed by atoms with Crippen molar-refractivity contribution >= 4 is 0 Å². The Morgan fingerprint density at radius 2 is 1.38 bits per heavy atom. The van der Waals surface area contributed by atoms with E-state index in [-0.39, 0.29) is 12.3 Å². The summed E-state index contributed by atoms with van der Waals surface area (Å²) in [6.07, 6.45) is 0.215. The lowest BCUT2D eigenvalue weighted by Crippen LogP contribution is -2.01. The quantitative estimate of drug-likeness (QED) is 0.510. The van der Waals surface area contributed by atoms with Crippen molar-refractivity contribution in [2.24, 2.45) is 0 Å². The normalized spacial score (nSPS) is 7.85. The van der Waals surface area contributed by atoms with Crippen LogP contribution >= 0.6 is 0 Å². The number of aliphatic hydroxyl groups excluding tert-OH is 1. The molecule has 0 aromatic heterocycles. The zero-order chi connectivity index (χ0) is 9.11. The Hall–Kier alpha value is -0.200. The van der Waals surface area contributed by atoms with Gasteiger partial charge in [-0.1, -0.05) is 13.3 Å². The second-order valence-electron chi connectivity index (χ2n) is 2.05. The van der Waals surface area contributed by atoms with Crippen molar-refractivity contribution in [1.29, 1.82) is 0 Å². The molecule has 0 spiro atoms. The second-order valence-corrected chi connectivity index (χ2v) is 2.05. The zero-order valence-electron chi connectivity index (χ0n) is 9.12. The summed E-state index contributed by atoms with van der Waals surface area (Å²) in [5.74, 6) is 0. The highest BCUT2D eigenvalue weighted by Crippen LogP contribution is 1.88. The summed E-state index contributed by atoms with van der Waals surface area (Å²) >= 11 is 0. The molecule has 0 atom stereocenters. The molecule has 8 N–H and O–H groups in total. The van der Waals surface area contributed by atoms with E-state index in [2.05, 4.69) is 0 Å². The maximum absolute atomic E-state index is 8.11. The van der Waals surface area contributed by atoms with Gasteiger partial charge in [-0.2, -0.15) is 0 Å². The second kappa shape index (κ2) is 22.6. The molecule has 0 saturated carbocycles. The minimum Gasteiger partial charge on any atom is -0.382 e. The van der Waals surface area contributed by atoms with Gasteiger partial charge in [0.15, 0.2) is 6.29 Å². The number of ether oxygens (including phenoxy) is 1. The monoisotopic (exact) mass is 198 g/mol. The van der Waals surface area contributed by atoms with Crippen molar-refractivity contribution in [2.45, 2.75) is 39.9 Å². The smallest absolute Gasteiger partial charge is 0.151 e. The van der Waals surface area contributed by atoms with E-state index in [1.165, 1.54) is 0 Å². The van der Waals surface area contributed by atoms with Gasteiger partial charge < -0.3 is 27.3 Å². The molecule has 5 nitrogen and oxygen atoms in total. The fourth-order valence-corrected chi connectivity index (χ4v) is 0.462.